The van der Waals surface area contributed by atoms with E-state index in [-0.39, 0.29) is 19.2 Å². The highest BCUT2D eigenvalue weighted by Crippen LogP contribution is 2.54. The third kappa shape index (κ3) is 3.24. The molecule has 2 aromatic rings. The van der Waals surface area contributed by atoms with Crippen molar-refractivity contribution in [2.45, 2.75) is 26.4 Å². The van der Waals surface area contributed by atoms with Crippen molar-refractivity contribution in [1.82, 2.24) is 0 Å². The lowest BCUT2D eigenvalue weighted by atomic mass is 9.91. The number of benzene rings is 2. The van der Waals surface area contributed by atoms with Gasteiger partial charge in [-0.3, -0.25) is 4.79 Å². The summed E-state index contributed by atoms with van der Waals surface area (Å²) in [4.78, 5) is 23.5. The second-order valence-corrected chi connectivity index (χ2v) is 7.80. The molecule has 0 bridgehead atoms. The van der Waals surface area contributed by atoms with Gasteiger partial charge in [-0.2, -0.15) is 0 Å². The van der Waals surface area contributed by atoms with Crippen LogP contribution in [-0.4, -0.2) is 37.9 Å². The standard InChI is InChI=1S/C23H24O7/c1-13(21(24)25)23(9-10-23)12-30-19-15(7-8-18(27-2)20(19)28-3)14-5-4-6-16-17(14)11-29-22(16)26/h4-8,13H,9-12H2,1-3H3,(H,24,25). The Morgan fingerprint density at radius 2 is 1.83 bits per heavy atom. The number of esters is 1. The van der Waals surface area contributed by atoms with Crippen molar-refractivity contribution >= 4 is 11.9 Å². The number of carbonyl (C=O) groups excluding carboxylic acids is 1. The van der Waals surface area contributed by atoms with Gasteiger partial charge < -0.3 is 24.1 Å². The summed E-state index contributed by atoms with van der Waals surface area (Å²) in [6.07, 6.45) is 1.59. The molecule has 0 aromatic heterocycles. The number of carbonyl (C=O) groups is 2. The molecule has 1 unspecified atom stereocenters. The molecule has 0 spiro atoms. The highest BCUT2D eigenvalue weighted by Gasteiger charge is 2.51. The minimum Gasteiger partial charge on any atom is -0.493 e. The Morgan fingerprint density at radius 3 is 2.47 bits per heavy atom. The molecule has 7 heteroatoms. The summed E-state index contributed by atoms with van der Waals surface area (Å²) in [7, 11) is 3.08. The number of fused-ring (bicyclic) bond motifs is 1. The molecule has 0 saturated heterocycles. The van der Waals surface area contributed by atoms with Crippen molar-refractivity contribution in [2.24, 2.45) is 11.3 Å². The SMILES string of the molecule is COc1ccc(-c2cccc3c2COC3=O)c(OCC2(C(C)C(=O)O)CC2)c1OC. The number of aliphatic carboxylic acids is 1. The number of cyclic esters (lactones) is 1. The van der Waals surface area contributed by atoms with Crippen LogP contribution in [0.5, 0.6) is 17.2 Å². The van der Waals surface area contributed by atoms with Gasteiger partial charge in [0.05, 0.1) is 32.3 Å². The van der Waals surface area contributed by atoms with E-state index in [0.717, 1.165) is 29.5 Å². The first-order valence-corrected chi connectivity index (χ1v) is 9.82. The van der Waals surface area contributed by atoms with Crippen LogP contribution in [-0.2, 0) is 16.1 Å². The van der Waals surface area contributed by atoms with Crippen LogP contribution in [0.15, 0.2) is 30.3 Å². The van der Waals surface area contributed by atoms with E-state index < -0.39 is 17.3 Å². The first kappa shape index (κ1) is 20.1. The Morgan fingerprint density at radius 1 is 1.10 bits per heavy atom. The number of rotatable bonds is 8. The first-order valence-electron chi connectivity index (χ1n) is 9.82. The predicted molar refractivity (Wildman–Crippen MR) is 108 cm³/mol. The average Bonchev–Trinajstić information content (AvgIpc) is 3.46. The molecule has 1 aliphatic heterocycles. The van der Waals surface area contributed by atoms with E-state index in [2.05, 4.69) is 0 Å². The van der Waals surface area contributed by atoms with Crippen LogP contribution in [0, 0.1) is 11.3 Å². The molecule has 1 heterocycles. The molecule has 7 nitrogen and oxygen atoms in total. The zero-order valence-electron chi connectivity index (χ0n) is 17.2. The summed E-state index contributed by atoms with van der Waals surface area (Å²) in [5.41, 5.74) is 2.48. The van der Waals surface area contributed by atoms with Crippen molar-refractivity contribution in [1.29, 1.82) is 0 Å². The average molecular weight is 412 g/mol. The maximum atomic E-state index is 12.0. The van der Waals surface area contributed by atoms with Gasteiger partial charge in [0.2, 0.25) is 5.75 Å². The van der Waals surface area contributed by atoms with Crippen molar-refractivity contribution in [3.63, 3.8) is 0 Å². The lowest BCUT2D eigenvalue weighted by Crippen LogP contribution is -2.27. The minimum atomic E-state index is -0.828. The third-order valence-electron chi connectivity index (χ3n) is 6.22. The molecule has 1 atom stereocenters. The number of hydrogen-bond donors (Lipinski definition) is 1. The third-order valence-corrected chi connectivity index (χ3v) is 6.22. The molecule has 2 aromatic carbocycles. The number of methoxy groups -OCH3 is 2. The second-order valence-electron chi connectivity index (χ2n) is 7.80. The van der Waals surface area contributed by atoms with E-state index in [4.69, 9.17) is 18.9 Å². The van der Waals surface area contributed by atoms with Crippen LogP contribution in [0.3, 0.4) is 0 Å². The van der Waals surface area contributed by atoms with Gasteiger partial charge in [-0.25, -0.2) is 4.79 Å². The van der Waals surface area contributed by atoms with E-state index in [1.54, 1.807) is 32.2 Å². The van der Waals surface area contributed by atoms with Crippen LogP contribution in [0.25, 0.3) is 11.1 Å². The highest BCUT2D eigenvalue weighted by molar-refractivity contribution is 5.96. The minimum absolute atomic E-state index is 0.193. The summed E-state index contributed by atoms with van der Waals surface area (Å²) < 4.78 is 22.5. The molecule has 1 aliphatic carbocycles. The molecule has 0 radical (unpaired) electrons. The quantitative estimate of drug-likeness (QED) is 0.657. The van der Waals surface area contributed by atoms with Gasteiger partial charge in [0.15, 0.2) is 11.5 Å². The molecular weight excluding hydrogens is 388 g/mol. The molecule has 4 rings (SSSR count). The molecule has 1 N–H and O–H groups in total. The Labute approximate surface area is 174 Å². The smallest absolute Gasteiger partial charge is 0.338 e. The number of carboxylic acid groups (broad SMARTS) is 1. The maximum Gasteiger partial charge on any atom is 0.338 e. The van der Waals surface area contributed by atoms with E-state index in [9.17, 15) is 14.7 Å². The fraction of sp³-hybridized carbons (Fsp3) is 0.391. The van der Waals surface area contributed by atoms with Crippen molar-refractivity contribution in [2.75, 3.05) is 20.8 Å². The predicted octanol–water partition coefficient (Wildman–Crippen LogP) is 3.92. The number of hydrogen-bond acceptors (Lipinski definition) is 6. The zero-order chi connectivity index (χ0) is 21.5. The topological polar surface area (TPSA) is 91.3 Å². The van der Waals surface area contributed by atoms with E-state index in [1.807, 2.05) is 12.1 Å². The molecule has 158 valence electrons. The van der Waals surface area contributed by atoms with Gasteiger partial charge >= 0.3 is 11.9 Å². The first-order chi connectivity index (χ1) is 14.4. The summed E-state index contributed by atoms with van der Waals surface area (Å²) in [6.45, 7) is 2.16. The van der Waals surface area contributed by atoms with Crippen LogP contribution in [0.4, 0.5) is 0 Å². The number of ether oxygens (including phenoxy) is 4. The van der Waals surface area contributed by atoms with Gasteiger partial charge in [-0.15, -0.1) is 0 Å². The van der Waals surface area contributed by atoms with Gasteiger partial charge in [0.1, 0.15) is 6.61 Å². The zero-order valence-corrected chi connectivity index (χ0v) is 17.2. The molecule has 30 heavy (non-hydrogen) atoms. The Balaban J connectivity index is 1.78. The summed E-state index contributed by atoms with van der Waals surface area (Å²) >= 11 is 0. The second kappa shape index (κ2) is 7.55. The normalized spacial score (nSPS) is 17.0. The van der Waals surface area contributed by atoms with Crippen molar-refractivity contribution in [3.05, 3.63) is 41.5 Å². The van der Waals surface area contributed by atoms with Crippen LogP contribution >= 0.6 is 0 Å². The largest absolute Gasteiger partial charge is 0.493 e. The highest BCUT2D eigenvalue weighted by atomic mass is 16.5. The molecule has 1 saturated carbocycles. The lowest BCUT2D eigenvalue weighted by Gasteiger charge is -2.23. The summed E-state index contributed by atoms with van der Waals surface area (Å²) in [5.74, 6) is -0.283. The maximum absolute atomic E-state index is 12.0. The summed E-state index contributed by atoms with van der Waals surface area (Å²) in [6, 6.07) is 9.08. The Bertz CT molecular complexity index is 1010. The molecule has 0 amide bonds. The van der Waals surface area contributed by atoms with Crippen LogP contribution in [0.1, 0.15) is 35.7 Å². The Hall–Kier alpha value is -3.22. The van der Waals surface area contributed by atoms with Crippen molar-refractivity contribution < 1.29 is 33.6 Å². The van der Waals surface area contributed by atoms with Gasteiger partial charge in [0, 0.05) is 16.5 Å². The van der Waals surface area contributed by atoms with Gasteiger partial charge in [-0.1, -0.05) is 19.1 Å². The van der Waals surface area contributed by atoms with E-state index >= 15 is 0 Å². The Kier molecular flexibility index (Phi) is 5.05. The van der Waals surface area contributed by atoms with Crippen LogP contribution in [0.2, 0.25) is 0 Å². The van der Waals surface area contributed by atoms with Gasteiger partial charge in [-0.05, 0) is 36.6 Å². The fourth-order valence-corrected chi connectivity index (χ4v) is 4.00. The molecule has 1 fully saturated rings. The van der Waals surface area contributed by atoms with E-state index in [1.165, 1.54) is 7.11 Å². The lowest BCUT2D eigenvalue weighted by molar-refractivity contribution is -0.144. The summed E-state index contributed by atoms with van der Waals surface area (Å²) in [5, 5.41) is 9.45. The molecule has 2 aliphatic rings. The van der Waals surface area contributed by atoms with Crippen molar-refractivity contribution in [3.8, 4) is 28.4 Å². The fourth-order valence-electron chi connectivity index (χ4n) is 4.00. The monoisotopic (exact) mass is 412 g/mol. The van der Waals surface area contributed by atoms with E-state index in [0.29, 0.717) is 22.8 Å². The van der Waals surface area contributed by atoms with Crippen LogP contribution < -0.4 is 14.2 Å². The molecular formula is C23H24O7. The number of carboxylic acids is 1. The van der Waals surface area contributed by atoms with Gasteiger partial charge in [0.25, 0.3) is 0 Å².